The minimum atomic E-state index is -1.24. The SMILES string of the molecule is O=C(C[C@H](Sc1ccc(Br)cc1)C(=O)[O-])c1ccc(Br)cc1. The van der Waals surface area contributed by atoms with Crippen LogP contribution in [0.3, 0.4) is 0 Å². The van der Waals surface area contributed by atoms with Crippen LogP contribution in [0, 0.1) is 0 Å². The lowest BCUT2D eigenvalue weighted by Gasteiger charge is -2.17. The van der Waals surface area contributed by atoms with Crippen LogP contribution in [0.15, 0.2) is 62.4 Å². The molecule has 0 saturated heterocycles. The monoisotopic (exact) mass is 441 g/mol. The van der Waals surface area contributed by atoms with Gasteiger partial charge in [-0.15, -0.1) is 11.8 Å². The van der Waals surface area contributed by atoms with Gasteiger partial charge in [0, 0.05) is 25.8 Å². The van der Waals surface area contributed by atoms with Gasteiger partial charge < -0.3 is 9.90 Å². The maximum absolute atomic E-state index is 12.2. The molecule has 0 saturated carbocycles. The molecule has 1 atom stereocenters. The number of rotatable bonds is 6. The van der Waals surface area contributed by atoms with Crippen LogP contribution in [0.4, 0.5) is 0 Å². The quantitative estimate of drug-likeness (QED) is 0.505. The molecule has 0 aliphatic heterocycles. The van der Waals surface area contributed by atoms with Crippen LogP contribution in [0.25, 0.3) is 0 Å². The molecule has 0 unspecified atom stereocenters. The fourth-order valence-electron chi connectivity index (χ4n) is 1.77. The highest BCUT2D eigenvalue weighted by Crippen LogP contribution is 2.27. The van der Waals surface area contributed by atoms with E-state index in [1.54, 1.807) is 36.4 Å². The standard InChI is InChI=1S/C16H12Br2O3S/c17-11-3-1-10(2-4-11)14(19)9-15(16(20)21)22-13-7-5-12(18)6-8-13/h1-8,15H,9H2,(H,20,21)/p-1/t15-/m0/s1. The summed E-state index contributed by atoms with van der Waals surface area (Å²) in [5, 5.41) is 10.4. The van der Waals surface area contributed by atoms with Crippen molar-refractivity contribution in [3.05, 3.63) is 63.0 Å². The van der Waals surface area contributed by atoms with Gasteiger partial charge in [-0.05, 0) is 36.4 Å². The molecule has 3 nitrogen and oxygen atoms in total. The fourth-order valence-corrected chi connectivity index (χ4v) is 3.25. The van der Waals surface area contributed by atoms with Crippen LogP contribution in [0.5, 0.6) is 0 Å². The number of benzene rings is 2. The number of hydrogen-bond acceptors (Lipinski definition) is 4. The van der Waals surface area contributed by atoms with Gasteiger partial charge in [0.05, 0.1) is 11.2 Å². The summed E-state index contributed by atoms with van der Waals surface area (Å²) < 4.78 is 1.78. The highest BCUT2D eigenvalue weighted by Gasteiger charge is 2.18. The second-order valence-electron chi connectivity index (χ2n) is 4.51. The van der Waals surface area contributed by atoms with Crippen molar-refractivity contribution in [2.75, 3.05) is 0 Å². The van der Waals surface area contributed by atoms with Gasteiger partial charge in [0.2, 0.25) is 0 Å². The van der Waals surface area contributed by atoms with Gasteiger partial charge in [0.1, 0.15) is 0 Å². The minimum Gasteiger partial charge on any atom is -0.549 e. The Bertz CT molecular complexity index is 669. The van der Waals surface area contributed by atoms with E-state index >= 15 is 0 Å². The highest BCUT2D eigenvalue weighted by molar-refractivity contribution is 9.10. The number of hydrogen-bond donors (Lipinski definition) is 0. The van der Waals surface area contributed by atoms with Crippen molar-refractivity contribution < 1.29 is 14.7 Å². The molecular weight excluding hydrogens is 432 g/mol. The third kappa shape index (κ3) is 4.97. The average Bonchev–Trinajstić information content (AvgIpc) is 2.49. The summed E-state index contributed by atoms with van der Waals surface area (Å²) in [5.74, 6) is -1.45. The molecule has 0 spiro atoms. The first kappa shape index (κ1) is 17.2. The first-order chi connectivity index (χ1) is 10.5. The number of ketones is 1. The first-order valence-corrected chi connectivity index (χ1v) is 8.84. The molecule has 0 aliphatic rings. The zero-order valence-electron chi connectivity index (χ0n) is 11.3. The fraction of sp³-hybridized carbons (Fsp3) is 0.125. The van der Waals surface area contributed by atoms with Crippen molar-refractivity contribution in [2.24, 2.45) is 0 Å². The molecule has 2 rings (SSSR count). The van der Waals surface area contributed by atoms with Crippen molar-refractivity contribution in [3.8, 4) is 0 Å². The predicted molar refractivity (Wildman–Crippen MR) is 91.9 cm³/mol. The number of halogens is 2. The van der Waals surface area contributed by atoms with E-state index in [0.29, 0.717) is 5.56 Å². The van der Waals surface area contributed by atoms with E-state index < -0.39 is 11.2 Å². The summed E-state index contributed by atoms with van der Waals surface area (Å²) in [6.07, 6.45) is -0.106. The number of aliphatic carboxylic acids is 1. The molecule has 22 heavy (non-hydrogen) atoms. The summed E-state index contributed by atoms with van der Waals surface area (Å²) in [7, 11) is 0. The van der Waals surface area contributed by atoms with Crippen LogP contribution in [-0.4, -0.2) is 17.0 Å². The number of carbonyl (C=O) groups excluding carboxylic acids is 2. The molecule has 0 aromatic heterocycles. The Kier molecular flexibility index (Phi) is 6.23. The molecule has 0 N–H and O–H groups in total. The summed E-state index contributed by atoms with van der Waals surface area (Å²) >= 11 is 7.74. The van der Waals surface area contributed by atoms with Crippen molar-refractivity contribution >= 4 is 55.4 Å². The molecule has 0 amide bonds. The smallest absolute Gasteiger partial charge is 0.164 e. The number of carboxylic acid groups (broad SMARTS) is 1. The maximum atomic E-state index is 12.2. The van der Waals surface area contributed by atoms with Gasteiger partial charge in [-0.3, -0.25) is 4.79 Å². The van der Waals surface area contributed by atoms with E-state index in [0.717, 1.165) is 25.6 Å². The topological polar surface area (TPSA) is 57.2 Å². The van der Waals surface area contributed by atoms with Crippen LogP contribution in [-0.2, 0) is 4.79 Å². The van der Waals surface area contributed by atoms with Gasteiger partial charge in [0.15, 0.2) is 5.78 Å². The van der Waals surface area contributed by atoms with Gasteiger partial charge in [-0.1, -0.05) is 44.0 Å². The van der Waals surface area contributed by atoms with Gasteiger partial charge >= 0.3 is 0 Å². The predicted octanol–water partition coefficient (Wildman–Crippen LogP) is 3.70. The van der Waals surface area contributed by atoms with Crippen LogP contribution in [0.1, 0.15) is 16.8 Å². The Labute approximate surface area is 149 Å². The molecule has 0 aliphatic carbocycles. The molecule has 0 fully saturated rings. The van der Waals surface area contributed by atoms with Crippen LogP contribution >= 0.6 is 43.6 Å². The Morgan fingerprint density at radius 2 is 1.45 bits per heavy atom. The van der Waals surface area contributed by atoms with Crippen LogP contribution in [0.2, 0.25) is 0 Å². The van der Waals surface area contributed by atoms with Crippen molar-refractivity contribution in [3.63, 3.8) is 0 Å². The summed E-state index contributed by atoms with van der Waals surface area (Å²) in [6.45, 7) is 0. The van der Waals surface area contributed by atoms with E-state index in [1.807, 2.05) is 12.1 Å². The minimum absolute atomic E-state index is 0.106. The Hall–Kier alpha value is -1.11. The van der Waals surface area contributed by atoms with Gasteiger partial charge in [0.25, 0.3) is 0 Å². The third-order valence-corrected chi connectivity index (χ3v) is 5.14. The lowest BCUT2D eigenvalue weighted by Crippen LogP contribution is -2.35. The molecule has 0 bridgehead atoms. The lowest BCUT2D eigenvalue weighted by molar-refractivity contribution is -0.304. The number of carbonyl (C=O) groups is 2. The molecule has 114 valence electrons. The molecule has 0 heterocycles. The number of carboxylic acids is 1. The maximum Gasteiger partial charge on any atom is 0.164 e. The second-order valence-corrected chi connectivity index (χ2v) is 7.62. The second kappa shape index (κ2) is 7.94. The Morgan fingerprint density at radius 1 is 0.955 bits per heavy atom. The van der Waals surface area contributed by atoms with Crippen molar-refractivity contribution in [2.45, 2.75) is 16.6 Å². The first-order valence-electron chi connectivity index (χ1n) is 6.37. The summed E-state index contributed by atoms with van der Waals surface area (Å²) in [4.78, 5) is 24.3. The normalized spacial score (nSPS) is 11.9. The molecular formula is C16H11Br2O3S-. The summed E-state index contributed by atoms with van der Waals surface area (Å²) in [6, 6.07) is 14.1. The van der Waals surface area contributed by atoms with E-state index in [2.05, 4.69) is 31.9 Å². The third-order valence-electron chi connectivity index (χ3n) is 2.89. The van der Waals surface area contributed by atoms with Gasteiger partial charge in [-0.2, -0.15) is 0 Å². The van der Waals surface area contributed by atoms with Crippen LogP contribution < -0.4 is 5.11 Å². The number of Topliss-reactive ketones (excluding diaryl/α,β-unsaturated/α-hetero) is 1. The zero-order valence-corrected chi connectivity index (χ0v) is 15.3. The van der Waals surface area contributed by atoms with E-state index in [-0.39, 0.29) is 12.2 Å². The van der Waals surface area contributed by atoms with E-state index in [1.165, 1.54) is 0 Å². The molecule has 2 aromatic rings. The van der Waals surface area contributed by atoms with Gasteiger partial charge in [-0.25, -0.2) is 0 Å². The molecule has 0 radical (unpaired) electrons. The van der Waals surface area contributed by atoms with E-state index in [9.17, 15) is 14.7 Å². The van der Waals surface area contributed by atoms with E-state index in [4.69, 9.17) is 0 Å². The van der Waals surface area contributed by atoms with Crippen molar-refractivity contribution in [1.29, 1.82) is 0 Å². The highest BCUT2D eigenvalue weighted by atomic mass is 79.9. The number of thioether (sulfide) groups is 1. The summed E-state index contributed by atoms with van der Waals surface area (Å²) in [5.41, 5.74) is 0.492. The zero-order chi connectivity index (χ0) is 16.1. The lowest BCUT2D eigenvalue weighted by atomic mass is 10.1. The average molecular weight is 443 g/mol. The Morgan fingerprint density at radius 3 is 1.95 bits per heavy atom. The molecule has 6 heteroatoms. The largest absolute Gasteiger partial charge is 0.549 e. The molecule has 2 aromatic carbocycles. The Balaban J connectivity index is 2.08. The van der Waals surface area contributed by atoms with Crippen molar-refractivity contribution in [1.82, 2.24) is 0 Å².